The second kappa shape index (κ2) is 10.4. The molecule has 3 aromatic carbocycles. The molecule has 1 fully saturated rings. The average molecular weight is 470 g/mol. The summed E-state index contributed by atoms with van der Waals surface area (Å²) in [5.41, 5.74) is 1.88. The van der Waals surface area contributed by atoms with Crippen molar-refractivity contribution in [2.45, 2.75) is 32.4 Å². The number of piperazine rings is 1. The molecule has 0 radical (unpaired) electrons. The molecule has 1 unspecified atom stereocenters. The molecule has 180 valence electrons. The standard InChI is InChI=1S/C28H31N5O2/c1-20(34)31-23-12-11-22-18-30-33(28(35)26(22)17-23)15-5-4-14-32-16-13-29-19-27(32)25-10-6-8-21-7-2-3-9-24(21)25/h2-3,6-12,17-18,27,29H,4-5,13-16,19H2,1H3,(H,31,34). The third-order valence-electron chi connectivity index (χ3n) is 6.78. The lowest BCUT2D eigenvalue weighted by atomic mass is 9.96. The lowest BCUT2D eigenvalue weighted by Crippen LogP contribution is -2.46. The lowest BCUT2D eigenvalue weighted by molar-refractivity contribution is -0.114. The first-order valence-corrected chi connectivity index (χ1v) is 12.3. The SMILES string of the molecule is CC(=O)Nc1ccc2cnn(CCCCN3CCNCC3c3cccc4ccccc34)c(=O)c2c1. The number of benzene rings is 3. The van der Waals surface area contributed by atoms with Crippen LogP contribution in [0.1, 0.15) is 31.4 Å². The van der Waals surface area contributed by atoms with Crippen LogP contribution in [0.15, 0.2) is 71.7 Å². The Balaban J connectivity index is 1.26. The number of aromatic nitrogens is 2. The molecule has 4 aromatic rings. The molecule has 2 heterocycles. The summed E-state index contributed by atoms with van der Waals surface area (Å²) in [7, 11) is 0. The number of hydrogen-bond donors (Lipinski definition) is 2. The molecule has 1 atom stereocenters. The fraction of sp³-hybridized carbons (Fsp3) is 0.321. The van der Waals surface area contributed by atoms with Crippen molar-refractivity contribution in [3.8, 4) is 0 Å². The van der Waals surface area contributed by atoms with Gasteiger partial charge in [-0.3, -0.25) is 14.5 Å². The number of fused-ring (bicyclic) bond motifs is 2. The van der Waals surface area contributed by atoms with Crippen molar-refractivity contribution in [3.05, 3.63) is 82.8 Å². The summed E-state index contributed by atoms with van der Waals surface area (Å²) in [5.74, 6) is -0.159. The maximum atomic E-state index is 13.0. The number of carbonyl (C=O) groups is 1. The van der Waals surface area contributed by atoms with E-state index in [4.69, 9.17) is 0 Å². The molecule has 7 heteroatoms. The lowest BCUT2D eigenvalue weighted by Gasteiger charge is -2.37. The number of nitrogens with one attached hydrogen (secondary N) is 2. The zero-order valence-electron chi connectivity index (χ0n) is 20.0. The first-order valence-electron chi connectivity index (χ1n) is 12.3. The van der Waals surface area contributed by atoms with E-state index in [1.165, 1.54) is 23.3 Å². The van der Waals surface area contributed by atoms with Crippen LogP contribution in [-0.4, -0.2) is 46.8 Å². The van der Waals surface area contributed by atoms with Crippen LogP contribution < -0.4 is 16.2 Å². The van der Waals surface area contributed by atoms with E-state index >= 15 is 0 Å². The van der Waals surface area contributed by atoms with E-state index in [9.17, 15) is 9.59 Å². The second-order valence-corrected chi connectivity index (χ2v) is 9.19. The van der Waals surface area contributed by atoms with Crippen molar-refractivity contribution in [2.75, 3.05) is 31.5 Å². The fourth-order valence-electron chi connectivity index (χ4n) is 5.06. The molecule has 35 heavy (non-hydrogen) atoms. The third kappa shape index (κ3) is 5.11. The summed E-state index contributed by atoms with van der Waals surface area (Å²) in [4.78, 5) is 26.9. The van der Waals surface area contributed by atoms with Gasteiger partial charge < -0.3 is 10.6 Å². The molecule has 7 nitrogen and oxygen atoms in total. The molecular weight excluding hydrogens is 438 g/mol. The number of hydrogen-bond acceptors (Lipinski definition) is 5. The van der Waals surface area contributed by atoms with E-state index in [1.54, 1.807) is 23.0 Å². The van der Waals surface area contributed by atoms with Gasteiger partial charge in [-0.1, -0.05) is 48.5 Å². The minimum atomic E-state index is -0.159. The Morgan fingerprint density at radius 1 is 1.03 bits per heavy atom. The van der Waals surface area contributed by atoms with Crippen LogP contribution in [0, 0.1) is 0 Å². The molecule has 0 spiro atoms. The molecule has 0 bridgehead atoms. The van der Waals surface area contributed by atoms with Crippen molar-refractivity contribution in [3.63, 3.8) is 0 Å². The topological polar surface area (TPSA) is 79.3 Å². The second-order valence-electron chi connectivity index (χ2n) is 9.19. The van der Waals surface area contributed by atoms with E-state index in [1.807, 2.05) is 6.07 Å². The van der Waals surface area contributed by atoms with E-state index in [0.717, 1.165) is 44.4 Å². The highest BCUT2D eigenvalue weighted by Crippen LogP contribution is 2.29. The smallest absolute Gasteiger partial charge is 0.274 e. The van der Waals surface area contributed by atoms with Crippen LogP contribution in [0.25, 0.3) is 21.5 Å². The largest absolute Gasteiger partial charge is 0.326 e. The van der Waals surface area contributed by atoms with Gasteiger partial charge in [-0.25, -0.2) is 4.68 Å². The fourth-order valence-corrected chi connectivity index (χ4v) is 5.06. The van der Waals surface area contributed by atoms with Gasteiger partial charge in [0.2, 0.25) is 5.91 Å². The van der Waals surface area contributed by atoms with Crippen LogP contribution >= 0.6 is 0 Å². The maximum absolute atomic E-state index is 13.0. The highest BCUT2D eigenvalue weighted by Gasteiger charge is 2.24. The Morgan fingerprint density at radius 3 is 2.74 bits per heavy atom. The van der Waals surface area contributed by atoms with Crippen molar-refractivity contribution in [2.24, 2.45) is 0 Å². The Kier molecular flexibility index (Phi) is 6.88. The summed E-state index contributed by atoms with van der Waals surface area (Å²) in [6.07, 6.45) is 3.58. The Morgan fingerprint density at radius 2 is 1.86 bits per heavy atom. The maximum Gasteiger partial charge on any atom is 0.274 e. The first kappa shape index (κ1) is 23.2. The number of carbonyl (C=O) groups excluding carboxylic acids is 1. The van der Waals surface area contributed by atoms with Gasteiger partial charge in [0.1, 0.15) is 0 Å². The summed E-state index contributed by atoms with van der Waals surface area (Å²) < 4.78 is 1.54. The van der Waals surface area contributed by atoms with Gasteiger partial charge in [-0.2, -0.15) is 5.10 Å². The van der Waals surface area contributed by atoms with Gasteiger partial charge in [0.05, 0.1) is 11.6 Å². The van der Waals surface area contributed by atoms with Gasteiger partial charge >= 0.3 is 0 Å². The molecule has 0 saturated carbocycles. The third-order valence-corrected chi connectivity index (χ3v) is 6.78. The summed E-state index contributed by atoms with van der Waals surface area (Å²) in [6.45, 7) is 5.95. The molecule has 5 rings (SSSR count). The van der Waals surface area contributed by atoms with Crippen molar-refractivity contribution >= 4 is 33.1 Å². The van der Waals surface area contributed by atoms with E-state index in [2.05, 4.69) is 63.1 Å². The molecule has 1 aromatic heterocycles. The molecule has 1 amide bonds. The first-order chi connectivity index (χ1) is 17.1. The number of amides is 1. The molecular formula is C28H31N5O2. The molecule has 1 aliphatic heterocycles. The van der Waals surface area contributed by atoms with Gasteiger partial charge in [-0.05, 0) is 47.9 Å². The van der Waals surface area contributed by atoms with Gasteiger partial charge in [-0.15, -0.1) is 0 Å². The average Bonchev–Trinajstić information content (AvgIpc) is 2.87. The quantitative estimate of drug-likeness (QED) is 0.401. The molecule has 2 N–H and O–H groups in total. The number of aryl methyl sites for hydroxylation is 1. The summed E-state index contributed by atoms with van der Waals surface area (Å²) in [5, 5.41) is 14.6. The van der Waals surface area contributed by atoms with Crippen LogP contribution in [0.2, 0.25) is 0 Å². The molecule has 0 aliphatic carbocycles. The van der Waals surface area contributed by atoms with Crippen LogP contribution in [0.5, 0.6) is 0 Å². The van der Waals surface area contributed by atoms with E-state index < -0.39 is 0 Å². The van der Waals surface area contributed by atoms with Gasteiger partial charge in [0, 0.05) is 50.2 Å². The van der Waals surface area contributed by atoms with Crippen molar-refractivity contribution < 1.29 is 4.79 Å². The molecule has 1 saturated heterocycles. The van der Waals surface area contributed by atoms with Crippen molar-refractivity contribution in [1.29, 1.82) is 0 Å². The predicted octanol–water partition coefficient (Wildman–Crippen LogP) is 3.93. The highest BCUT2D eigenvalue weighted by molar-refractivity contribution is 5.92. The van der Waals surface area contributed by atoms with Crippen LogP contribution in [-0.2, 0) is 11.3 Å². The minimum Gasteiger partial charge on any atom is -0.326 e. The van der Waals surface area contributed by atoms with E-state index in [0.29, 0.717) is 23.7 Å². The predicted molar refractivity (Wildman–Crippen MR) is 141 cm³/mol. The minimum absolute atomic E-state index is 0.120. The normalized spacial score (nSPS) is 16.5. The van der Waals surface area contributed by atoms with Gasteiger partial charge in [0.15, 0.2) is 0 Å². The zero-order valence-corrected chi connectivity index (χ0v) is 20.0. The van der Waals surface area contributed by atoms with Crippen LogP contribution in [0.4, 0.5) is 5.69 Å². The van der Waals surface area contributed by atoms with Crippen molar-refractivity contribution in [1.82, 2.24) is 20.0 Å². The summed E-state index contributed by atoms with van der Waals surface area (Å²) in [6, 6.07) is 20.8. The molecule has 1 aliphatic rings. The zero-order chi connectivity index (χ0) is 24.2. The number of nitrogens with zero attached hydrogens (tertiary/aromatic N) is 3. The number of rotatable bonds is 7. The van der Waals surface area contributed by atoms with Crippen LogP contribution in [0.3, 0.4) is 0 Å². The number of anilines is 1. The Bertz CT molecular complexity index is 1410. The number of unbranched alkanes of at least 4 members (excludes halogenated alkanes) is 1. The Labute approximate surface area is 204 Å². The monoisotopic (exact) mass is 469 g/mol. The van der Waals surface area contributed by atoms with E-state index in [-0.39, 0.29) is 11.5 Å². The van der Waals surface area contributed by atoms with Gasteiger partial charge in [0.25, 0.3) is 5.56 Å². The Hall–Kier alpha value is -3.55. The summed E-state index contributed by atoms with van der Waals surface area (Å²) >= 11 is 0. The highest BCUT2D eigenvalue weighted by atomic mass is 16.1.